The lowest BCUT2D eigenvalue weighted by Crippen LogP contribution is -2.44. The Kier molecular flexibility index (Phi) is 5.27. The summed E-state index contributed by atoms with van der Waals surface area (Å²) < 4.78 is 39.9. The second kappa shape index (κ2) is 7.91. The topological polar surface area (TPSA) is 66.4 Å². The normalized spacial score (nSPS) is 13.9. The monoisotopic (exact) mass is 425 g/mol. The van der Waals surface area contributed by atoms with E-state index in [2.05, 4.69) is 5.32 Å². The number of carboxylic acid groups (broad SMARTS) is 1. The smallest absolute Gasteiger partial charge is 0.416 e. The summed E-state index contributed by atoms with van der Waals surface area (Å²) >= 11 is 0. The van der Waals surface area contributed by atoms with Gasteiger partial charge in [-0.25, -0.2) is 4.79 Å². The third-order valence-corrected chi connectivity index (χ3v) is 5.46. The van der Waals surface area contributed by atoms with Gasteiger partial charge in [-0.2, -0.15) is 13.2 Å². The van der Waals surface area contributed by atoms with E-state index in [0.717, 1.165) is 28.3 Å². The molecule has 0 spiro atoms. The quantitative estimate of drug-likeness (QED) is 0.627. The van der Waals surface area contributed by atoms with Gasteiger partial charge in [-0.15, -0.1) is 0 Å². The number of fused-ring (bicyclic) bond motifs is 3. The van der Waals surface area contributed by atoms with Crippen LogP contribution in [0.2, 0.25) is 0 Å². The van der Waals surface area contributed by atoms with Crippen LogP contribution >= 0.6 is 0 Å². The van der Waals surface area contributed by atoms with Gasteiger partial charge in [0, 0.05) is 6.42 Å². The highest BCUT2D eigenvalue weighted by atomic mass is 19.4. The third kappa shape index (κ3) is 3.91. The number of benzene rings is 3. The van der Waals surface area contributed by atoms with E-state index >= 15 is 0 Å². The van der Waals surface area contributed by atoms with E-state index in [1.165, 1.54) is 18.2 Å². The molecule has 1 amide bonds. The molecule has 1 aliphatic carbocycles. The number of hydrogen-bond donors (Lipinski definition) is 2. The number of hydrogen-bond acceptors (Lipinski definition) is 2. The van der Waals surface area contributed by atoms with Gasteiger partial charge in [-0.1, -0.05) is 66.7 Å². The van der Waals surface area contributed by atoms with E-state index in [-0.39, 0.29) is 5.56 Å². The maximum absolute atomic E-state index is 13.3. The van der Waals surface area contributed by atoms with Crippen LogP contribution in [-0.2, 0) is 22.2 Å². The molecular formula is C24H18F3NO3. The summed E-state index contributed by atoms with van der Waals surface area (Å²) in [7, 11) is 0. The average molecular weight is 425 g/mol. The van der Waals surface area contributed by atoms with Crippen LogP contribution in [-0.4, -0.2) is 23.0 Å². The van der Waals surface area contributed by atoms with E-state index in [1.807, 2.05) is 24.3 Å². The lowest BCUT2D eigenvalue weighted by atomic mass is 9.94. The molecule has 0 aromatic heterocycles. The number of nitrogens with one attached hydrogen (secondary N) is 1. The Hall–Kier alpha value is -3.61. The maximum Gasteiger partial charge on any atom is 0.416 e. The van der Waals surface area contributed by atoms with Crippen LogP contribution in [0.25, 0.3) is 11.1 Å². The van der Waals surface area contributed by atoms with Crippen molar-refractivity contribution in [3.8, 4) is 11.1 Å². The van der Waals surface area contributed by atoms with Crippen LogP contribution in [0.5, 0.6) is 0 Å². The molecule has 7 heteroatoms. The number of aliphatic carboxylic acids is 1. The fraction of sp³-hybridized carbons (Fsp3) is 0.167. The Morgan fingerprint density at radius 1 is 0.871 bits per heavy atom. The molecule has 4 rings (SSSR count). The van der Waals surface area contributed by atoms with Gasteiger partial charge in [-0.05, 0) is 33.9 Å². The molecule has 0 saturated heterocycles. The number of carboxylic acids is 1. The second-order valence-electron chi connectivity index (χ2n) is 7.37. The van der Waals surface area contributed by atoms with Crippen LogP contribution in [0.15, 0.2) is 72.8 Å². The molecule has 0 radical (unpaired) electrons. The summed E-state index contributed by atoms with van der Waals surface area (Å²) in [4.78, 5) is 25.0. The first-order valence-corrected chi connectivity index (χ1v) is 9.64. The predicted octanol–water partition coefficient (Wildman–Crippen LogP) is 4.63. The number of alkyl halides is 3. The molecule has 0 bridgehead atoms. The van der Waals surface area contributed by atoms with Crippen molar-refractivity contribution in [2.75, 3.05) is 0 Å². The molecule has 0 heterocycles. The van der Waals surface area contributed by atoms with Gasteiger partial charge in [0.25, 0.3) is 0 Å². The van der Waals surface area contributed by atoms with Gasteiger partial charge >= 0.3 is 12.1 Å². The minimum atomic E-state index is -4.62. The maximum atomic E-state index is 13.3. The highest BCUT2D eigenvalue weighted by Crippen LogP contribution is 2.44. The number of rotatable bonds is 5. The van der Waals surface area contributed by atoms with Gasteiger partial charge in [0.1, 0.15) is 6.04 Å². The lowest BCUT2D eigenvalue weighted by molar-refractivity contribution is -0.143. The number of carbonyl (C=O) groups excluding carboxylic acids is 1. The van der Waals surface area contributed by atoms with Crippen LogP contribution in [0.4, 0.5) is 13.2 Å². The summed E-state index contributed by atoms with van der Waals surface area (Å²) in [6.07, 6.45) is -5.10. The Bertz CT molecular complexity index is 1110. The fourth-order valence-corrected chi connectivity index (χ4v) is 4.09. The molecule has 3 aromatic carbocycles. The van der Waals surface area contributed by atoms with E-state index in [9.17, 15) is 27.9 Å². The highest BCUT2D eigenvalue weighted by molar-refractivity contribution is 5.97. The zero-order valence-electron chi connectivity index (χ0n) is 16.2. The molecule has 1 aliphatic rings. The number of amides is 1. The molecule has 0 aliphatic heterocycles. The summed E-state index contributed by atoms with van der Waals surface area (Å²) in [5, 5.41) is 12.1. The van der Waals surface area contributed by atoms with Crippen molar-refractivity contribution in [1.82, 2.24) is 5.32 Å². The Labute approximate surface area is 176 Å². The minimum absolute atomic E-state index is 0.185. The van der Waals surface area contributed by atoms with Gasteiger partial charge in [-0.3, -0.25) is 4.79 Å². The molecule has 0 unspecified atom stereocenters. The number of halogens is 3. The molecule has 0 fully saturated rings. The van der Waals surface area contributed by atoms with Crippen molar-refractivity contribution in [1.29, 1.82) is 0 Å². The summed E-state index contributed by atoms with van der Waals surface area (Å²) in [5.41, 5.74) is 2.14. The molecule has 4 nitrogen and oxygen atoms in total. The standard InChI is InChI=1S/C24H18F3NO3/c25-24(26,27)19-12-6-1-7-14(19)13-20(23(30)31)28-22(29)21-17-10-4-2-8-15(17)16-9-3-5-11-18(16)21/h1-12,20-21H,13H2,(H,28,29)(H,30,31)/t20-/m0/s1. The van der Waals surface area contributed by atoms with Crippen molar-refractivity contribution < 1.29 is 27.9 Å². The van der Waals surface area contributed by atoms with Gasteiger partial charge < -0.3 is 10.4 Å². The van der Waals surface area contributed by atoms with Gasteiger partial charge in [0.05, 0.1) is 11.5 Å². The van der Waals surface area contributed by atoms with E-state index in [1.54, 1.807) is 24.3 Å². The van der Waals surface area contributed by atoms with Crippen LogP contribution in [0.1, 0.15) is 28.2 Å². The Morgan fingerprint density at radius 3 is 1.94 bits per heavy atom. The van der Waals surface area contributed by atoms with E-state index in [0.29, 0.717) is 0 Å². The number of carbonyl (C=O) groups is 2. The Morgan fingerprint density at radius 2 is 1.39 bits per heavy atom. The van der Waals surface area contributed by atoms with Crippen molar-refractivity contribution in [3.05, 3.63) is 95.1 Å². The molecule has 158 valence electrons. The zero-order chi connectivity index (χ0) is 22.2. The SMILES string of the molecule is O=C(N[C@@H](Cc1ccccc1C(F)(F)F)C(=O)O)C1c2ccccc2-c2ccccc21. The summed E-state index contributed by atoms with van der Waals surface area (Å²) in [6, 6.07) is 17.9. The second-order valence-corrected chi connectivity index (χ2v) is 7.37. The van der Waals surface area contributed by atoms with Crippen molar-refractivity contribution in [2.24, 2.45) is 0 Å². The molecule has 2 N–H and O–H groups in total. The van der Waals surface area contributed by atoms with Crippen LogP contribution in [0.3, 0.4) is 0 Å². The molecule has 31 heavy (non-hydrogen) atoms. The first-order chi connectivity index (χ1) is 14.8. The van der Waals surface area contributed by atoms with Gasteiger partial charge in [0.15, 0.2) is 0 Å². The fourth-order valence-electron chi connectivity index (χ4n) is 4.09. The first kappa shape index (κ1) is 20.7. The van der Waals surface area contributed by atoms with Crippen molar-refractivity contribution in [2.45, 2.75) is 24.6 Å². The van der Waals surface area contributed by atoms with Crippen LogP contribution < -0.4 is 5.32 Å². The van der Waals surface area contributed by atoms with Gasteiger partial charge in [0.2, 0.25) is 5.91 Å². The highest BCUT2D eigenvalue weighted by Gasteiger charge is 2.37. The minimum Gasteiger partial charge on any atom is -0.480 e. The average Bonchev–Trinajstić information content (AvgIpc) is 3.07. The third-order valence-electron chi connectivity index (χ3n) is 5.46. The van der Waals surface area contributed by atoms with E-state index < -0.39 is 42.0 Å². The molecule has 1 atom stereocenters. The Balaban J connectivity index is 1.64. The summed E-state index contributed by atoms with van der Waals surface area (Å²) in [5.74, 6) is -2.69. The molecule has 0 saturated carbocycles. The zero-order valence-corrected chi connectivity index (χ0v) is 16.2. The van der Waals surface area contributed by atoms with Crippen molar-refractivity contribution in [3.63, 3.8) is 0 Å². The molecular weight excluding hydrogens is 407 g/mol. The van der Waals surface area contributed by atoms with E-state index in [4.69, 9.17) is 0 Å². The largest absolute Gasteiger partial charge is 0.480 e. The predicted molar refractivity (Wildman–Crippen MR) is 108 cm³/mol. The van der Waals surface area contributed by atoms with Crippen LogP contribution in [0, 0.1) is 0 Å². The first-order valence-electron chi connectivity index (χ1n) is 9.64. The summed E-state index contributed by atoms with van der Waals surface area (Å²) in [6.45, 7) is 0. The van der Waals surface area contributed by atoms with Crippen molar-refractivity contribution >= 4 is 11.9 Å². The molecule has 3 aromatic rings. The lowest BCUT2D eigenvalue weighted by Gasteiger charge is -2.20.